The van der Waals surface area contributed by atoms with Crippen LogP contribution in [0.3, 0.4) is 0 Å². The molecule has 0 saturated heterocycles. The van der Waals surface area contributed by atoms with Gasteiger partial charge in [0.25, 0.3) is 0 Å². The van der Waals surface area contributed by atoms with E-state index >= 15 is 0 Å². The average Bonchev–Trinajstić information content (AvgIpc) is 2.49. The van der Waals surface area contributed by atoms with Gasteiger partial charge in [-0.05, 0) is 24.0 Å². The summed E-state index contributed by atoms with van der Waals surface area (Å²) in [6.45, 7) is 2.75. The van der Waals surface area contributed by atoms with Crippen molar-refractivity contribution in [3.8, 4) is 0 Å². The van der Waals surface area contributed by atoms with Crippen LogP contribution in [-0.4, -0.2) is 24.1 Å². The highest BCUT2D eigenvalue weighted by Gasteiger charge is 2.30. The molecule has 0 bridgehead atoms. The average molecular weight is 262 g/mol. The molecular weight excluding hydrogens is 244 g/mol. The van der Waals surface area contributed by atoms with Crippen molar-refractivity contribution < 1.29 is 19.1 Å². The molecule has 102 valence electrons. The zero-order valence-corrected chi connectivity index (χ0v) is 11.2. The zero-order chi connectivity index (χ0) is 13.8. The number of esters is 2. The van der Waals surface area contributed by atoms with Crippen LogP contribution < -0.4 is 0 Å². The van der Waals surface area contributed by atoms with Crippen molar-refractivity contribution in [1.29, 1.82) is 0 Å². The Balaban J connectivity index is 2.22. The lowest BCUT2D eigenvalue weighted by molar-refractivity contribution is -0.165. The minimum absolute atomic E-state index is 0.340. The van der Waals surface area contributed by atoms with Crippen molar-refractivity contribution in [2.75, 3.05) is 0 Å². The van der Waals surface area contributed by atoms with E-state index in [1.165, 1.54) is 19.4 Å². The minimum atomic E-state index is -0.398. The Kier molecular flexibility index (Phi) is 4.20. The summed E-state index contributed by atoms with van der Waals surface area (Å²) in [5, 5.41) is 0. The molecule has 1 aromatic carbocycles. The fourth-order valence-electron chi connectivity index (χ4n) is 2.51. The lowest BCUT2D eigenvalue weighted by Gasteiger charge is -2.24. The van der Waals surface area contributed by atoms with Gasteiger partial charge in [-0.15, -0.1) is 0 Å². The summed E-state index contributed by atoms with van der Waals surface area (Å²) in [6, 6.07) is 8.06. The first-order valence-electron chi connectivity index (χ1n) is 6.47. The van der Waals surface area contributed by atoms with Crippen molar-refractivity contribution >= 4 is 11.9 Å². The van der Waals surface area contributed by atoms with Crippen LogP contribution in [0.15, 0.2) is 24.3 Å². The lowest BCUT2D eigenvalue weighted by Crippen LogP contribution is -2.35. The summed E-state index contributed by atoms with van der Waals surface area (Å²) in [7, 11) is 0. The van der Waals surface area contributed by atoms with Crippen molar-refractivity contribution in [3.05, 3.63) is 35.4 Å². The van der Waals surface area contributed by atoms with Crippen LogP contribution in [0.1, 0.15) is 31.4 Å². The number of benzene rings is 1. The van der Waals surface area contributed by atoms with Crippen molar-refractivity contribution in [3.63, 3.8) is 0 Å². The number of aryl methyl sites for hydroxylation is 1. The number of carbonyl (C=O) groups excluding carboxylic acids is 2. The summed E-state index contributed by atoms with van der Waals surface area (Å²) >= 11 is 0. The van der Waals surface area contributed by atoms with E-state index in [2.05, 4.69) is 6.07 Å². The van der Waals surface area contributed by atoms with E-state index in [9.17, 15) is 9.59 Å². The first kappa shape index (κ1) is 13.6. The van der Waals surface area contributed by atoms with E-state index in [0.29, 0.717) is 12.8 Å². The smallest absolute Gasteiger partial charge is 0.303 e. The zero-order valence-electron chi connectivity index (χ0n) is 11.2. The summed E-state index contributed by atoms with van der Waals surface area (Å²) in [5.74, 6) is -0.686. The predicted molar refractivity (Wildman–Crippen MR) is 69.6 cm³/mol. The molecule has 1 aliphatic carbocycles. The van der Waals surface area contributed by atoms with Gasteiger partial charge in [0.05, 0.1) is 0 Å². The van der Waals surface area contributed by atoms with Crippen molar-refractivity contribution in [2.24, 2.45) is 0 Å². The monoisotopic (exact) mass is 262 g/mol. The summed E-state index contributed by atoms with van der Waals surface area (Å²) < 4.78 is 10.6. The molecule has 0 aromatic heterocycles. The number of fused-ring (bicyclic) bond motifs is 1. The maximum Gasteiger partial charge on any atom is 0.303 e. The topological polar surface area (TPSA) is 52.6 Å². The molecule has 1 aromatic rings. The molecule has 1 aliphatic rings. The SMILES string of the molecule is CC(=O)OC1CCc2ccccc2CC1OC(C)=O. The van der Waals surface area contributed by atoms with Gasteiger partial charge in [0.2, 0.25) is 0 Å². The fourth-order valence-corrected chi connectivity index (χ4v) is 2.51. The summed E-state index contributed by atoms with van der Waals surface area (Å²) in [6.07, 6.45) is 1.33. The number of ether oxygens (including phenoxy) is 2. The summed E-state index contributed by atoms with van der Waals surface area (Å²) in [4.78, 5) is 22.4. The van der Waals surface area contributed by atoms with E-state index in [1.54, 1.807) is 0 Å². The minimum Gasteiger partial charge on any atom is -0.459 e. The molecule has 0 radical (unpaired) electrons. The van der Waals surface area contributed by atoms with Gasteiger partial charge in [0, 0.05) is 20.3 Å². The van der Waals surface area contributed by atoms with E-state index in [0.717, 1.165) is 12.0 Å². The van der Waals surface area contributed by atoms with Crippen LogP contribution in [0, 0.1) is 0 Å². The molecule has 19 heavy (non-hydrogen) atoms. The molecular formula is C15H18O4. The van der Waals surface area contributed by atoms with Gasteiger partial charge in [0.1, 0.15) is 12.2 Å². The van der Waals surface area contributed by atoms with Gasteiger partial charge in [-0.2, -0.15) is 0 Å². The molecule has 0 heterocycles. The normalized spacial score (nSPS) is 22.0. The number of hydrogen-bond donors (Lipinski definition) is 0. The highest BCUT2D eigenvalue weighted by atomic mass is 16.6. The Morgan fingerprint density at radius 3 is 2.21 bits per heavy atom. The maximum atomic E-state index is 11.2. The third kappa shape index (κ3) is 3.56. The Bertz CT molecular complexity index is 481. The molecule has 0 fully saturated rings. The molecule has 0 saturated carbocycles. The van der Waals surface area contributed by atoms with Crippen LogP contribution in [0.4, 0.5) is 0 Å². The van der Waals surface area contributed by atoms with Crippen LogP contribution in [-0.2, 0) is 31.9 Å². The standard InChI is InChI=1S/C15H18O4/c1-10(16)18-14-8-7-12-5-3-4-6-13(12)9-15(14)19-11(2)17/h3-6,14-15H,7-9H2,1-2H3. The number of carbonyl (C=O) groups is 2. The Labute approximate surface area is 112 Å². The van der Waals surface area contributed by atoms with E-state index in [4.69, 9.17) is 9.47 Å². The second kappa shape index (κ2) is 5.87. The van der Waals surface area contributed by atoms with Crippen molar-refractivity contribution in [2.45, 2.75) is 45.3 Å². The second-order valence-electron chi connectivity index (χ2n) is 4.81. The number of hydrogen-bond acceptors (Lipinski definition) is 4. The van der Waals surface area contributed by atoms with Gasteiger partial charge in [-0.1, -0.05) is 24.3 Å². The largest absolute Gasteiger partial charge is 0.459 e. The Morgan fingerprint density at radius 2 is 1.58 bits per heavy atom. The van der Waals surface area contributed by atoms with E-state index in [-0.39, 0.29) is 18.0 Å². The van der Waals surface area contributed by atoms with Gasteiger partial charge in [0.15, 0.2) is 0 Å². The fraction of sp³-hybridized carbons (Fsp3) is 0.467. The van der Waals surface area contributed by atoms with Crippen molar-refractivity contribution in [1.82, 2.24) is 0 Å². The third-order valence-corrected chi connectivity index (χ3v) is 3.29. The van der Waals surface area contributed by atoms with Gasteiger partial charge in [-0.3, -0.25) is 9.59 Å². The molecule has 4 heteroatoms. The first-order valence-corrected chi connectivity index (χ1v) is 6.47. The van der Waals surface area contributed by atoms with E-state index in [1.807, 2.05) is 18.2 Å². The second-order valence-corrected chi connectivity index (χ2v) is 4.81. The highest BCUT2D eigenvalue weighted by Crippen LogP contribution is 2.24. The lowest BCUT2D eigenvalue weighted by atomic mass is 10.0. The Hall–Kier alpha value is -1.84. The van der Waals surface area contributed by atoms with Gasteiger partial charge >= 0.3 is 11.9 Å². The molecule has 0 aliphatic heterocycles. The third-order valence-electron chi connectivity index (χ3n) is 3.29. The van der Waals surface area contributed by atoms with Crippen LogP contribution in [0.5, 0.6) is 0 Å². The quantitative estimate of drug-likeness (QED) is 0.604. The molecule has 2 rings (SSSR count). The summed E-state index contributed by atoms with van der Waals surface area (Å²) in [5.41, 5.74) is 2.39. The maximum absolute atomic E-state index is 11.2. The first-order chi connectivity index (χ1) is 9.06. The molecule has 4 nitrogen and oxygen atoms in total. The highest BCUT2D eigenvalue weighted by molar-refractivity contribution is 5.67. The van der Waals surface area contributed by atoms with Crippen LogP contribution in [0.2, 0.25) is 0 Å². The van der Waals surface area contributed by atoms with E-state index < -0.39 is 6.10 Å². The number of rotatable bonds is 2. The predicted octanol–water partition coefficient (Wildman–Crippen LogP) is 2.04. The molecule has 0 N–H and O–H groups in total. The molecule has 0 spiro atoms. The molecule has 2 unspecified atom stereocenters. The van der Waals surface area contributed by atoms with Gasteiger partial charge in [-0.25, -0.2) is 0 Å². The molecule has 2 atom stereocenters. The Morgan fingerprint density at radius 1 is 1.00 bits per heavy atom. The van der Waals surface area contributed by atoms with Crippen LogP contribution in [0.25, 0.3) is 0 Å². The molecule has 0 amide bonds. The van der Waals surface area contributed by atoms with Crippen LogP contribution >= 0.6 is 0 Å². The van der Waals surface area contributed by atoms with Gasteiger partial charge < -0.3 is 9.47 Å².